The molecule has 2 aliphatic heterocycles. The van der Waals surface area contributed by atoms with Gasteiger partial charge in [0.1, 0.15) is 23.5 Å². The fraction of sp³-hybridized carbons (Fsp3) is 0.133. The number of nitrogens with one attached hydrogen (secondary N) is 1. The first kappa shape index (κ1) is 16.9. The number of allylic oxidation sites excluding steroid dienone is 2. The standard InChI is InChI=1S/C15H12F2N5O2S/c1-9-7-19-15-20-14(12(6-18)22(15,2)8-9)25(23,24)21-13-10(16)4-3-5-11(13)17/h3-5,7-8,21H,1-2H3/q+1. The van der Waals surface area contributed by atoms with Gasteiger partial charge in [-0.15, -0.1) is 0 Å². The minimum atomic E-state index is -4.51. The number of benzene rings is 1. The van der Waals surface area contributed by atoms with Crippen LogP contribution in [0.4, 0.5) is 14.5 Å². The molecule has 0 saturated heterocycles. The van der Waals surface area contributed by atoms with Gasteiger partial charge in [0.25, 0.3) is 20.7 Å². The second kappa shape index (κ2) is 5.58. The molecule has 0 fully saturated rings. The van der Waals surface area contributed by atoms with Gasteiger partial charge in [-0.3, -0.25) is 4.72 Å². The fourth-order valence-electron chi connectivity index (χ4n) is 2.53. The molecule has 0 aromatic heterocycles. The van der Waals surface area contributed by atoms with Crippen LogP contribution in [0.15, 0.2) is 50.7 Å². The van der Waals surface area contributed by atoms with Crippen LogP contribution in [0.5, 0.6) is 0 Å². The summed E-state index contributed by atoms with van der Waals surface area (Å²) in [6.07, 6.45) is 3.09. The number of rotatable bonds is 3. The maximum absolute atomic E-state index is 13.7. The molecule has 128 valence electrons. The van der Waals surface area contributed by atoms with Crippen molar-refractivity contribution in [2.75, 3.05) is 11.8 Å². The first-order valence-corrected chi connectivity index (χ1v) is 8.48. The number of anilines is 1. The van der Waals surface area contributed by atoms with Crippen molar-refractivity contribution in [2.45, 2.75) is 6.92 Å². The Morgan fingerprint density at radius 2 is 1.92 bits per heavy atom. The Hall–Kier alpha value is -2.90. The van der Waals surface area contributed by atoms with E-state index in [2.05, 4.69) is 9.98 Å². The number of guanidine groups is 1. The van der Waals surface area contributed by atoms with Crippen molar-refractivity contribution in [1.29, 1.82) is 5.26 Å². The van der Waals surface area contributed by atoms with Crippen LogP contribution in [0.1, 0.15) is 6.92 Å². The highest BCUT2D eigenvalue weighted by atomic mass is 32.2. The molecular weight excluding hydrogens is 352 g/mol. The number of sulfonamides is 1. The summed E-state index contributed by atoms with van der Waals surface area (Å²) in [6, 6.07) is 4.73. The van der Waals surface area contributed by atoms with Gasteiger partial charge in [0.05, 0.1) is 7.05 Å². The summed E-state index contributed by atoms with van der Waals surface area (Å²) in [7, 11) is -2.97. The van der Waals surface area contributed by atoms with Crippen molar-refractivity contribution >= 4 is 27.9 Å². The predicted molar refractivity (Wildman–Crippen MR) is 87.4 cm³/mol. The number of hydrogen-bond acceptors (Lipinski definition) is 5. The van der Waals surface area contributed by atoms with E-state index in [1.165, 1.54) is 6.21 Å². The lowest BCUT2D eigenvalue weighted by Gasteiger charge is -2.24. The zero-order valence-electron chi connectivity index (χ0n) is 13.2. The molecule has 7 nitrogen and oxygen atoms in total. The summed E-state index contributed by atoms with van der Waals surface area (Å²) >= 11 is 0. The lowest BCUT2D eigenvalue weighted by atomic mass is 10.2. The number of nitrogens with zero attached hydrogens (tertiary/aromatic N) is 4. The molecule has 0 saturated carbocycles. The van der Waals surface area contributed by atoms with E-state index in [-0.39, 0.29) is 16.1 Å². The maximum atomic E-state index is 13.7. The predicted octanol–water partition coefficient (Wildman–Crippen LogP) is 2.20. The quantitative estimate of drug-likeness (QED) is 0.833. The molecule has 0 bridgehead atoms. The largest absolute Gasteiger partial charge is 0.340 e. The highest BCUT2D eigenvalue weighted by Crippen LogP contribution is 2.35. The zero-order chi connectivity index (χ0) is 18.4. The van der Waals surface area contributed by atoms with E-state index in [1.54, 1.807) is 20.2 Å². The molecule has 0 amide bonds. The first-order valence-electron chi connectivity index (χ1n) is 7.00. The Kier molecular flexibility index (Phi) is 3.78. The number of hydrogen-bond donors (Lipinski definition) is 1. The molecule has 1 aromatic carbocycles. The van der Waals surface area contributed by atoms with Crippen LogP contribution in [0.3, 0.4) is 0 Å². The minimum Gasteiger partial charge on any atom is -0.272 e. The summed E-state index contributed by atoms with van der Waals surface area (Å²) < 4.78 is 54.2. The van der Waals surface area contributed by atoms with Gasteiger partial charge in [-0.25, -0.2) is 8.78 Å². The van der Waals surface area contributed by atoms with Crippen LogP contribution < -0.4 is 4.72 Å². The smallest absolute Gasteiger partial charge is 0.272 e. The van der Waals surface area contributed by atoms with E-state index in [1.807, 2.05) is 10.8 Å². The Morgan fingerprint density at radius 1 is 1.28 bits per heavy atom. The molecule has 1 atom stereocenters. The third-order valence-corrected chi connectivity index (χ3v) is 4.96. The average molecular weight is 364 g/mol. The Bertz CT molecular complexity index is 1030. The number of quaternary nitrogens is 1. The van der Waals surface area contributed by atoms with Gasteiger partial charge in [0.2, 0.25) is 0 Å². The molecule has 0 radical (unpaired) electrons. The molecule has 3 rings (SSSR count). The number of halogens is 2. The summed E-state index contributed by atoms with van der Waals surface area (Å²) in [5.74, 6) is -2.10. The molecule has 0 spiro atoms. The van der Waals surface area contributed by atoms with Crippen LogP contribution in [0.25, 0.3) is 0 Å². The van der Waals surface area contributed by atoms with Crippen molar-refractivity contribution < 1.29 is 21.7 Å². The van der Waals surface area contributed by atoms with Crippen molar-refractivity contribution in [3.05, 3.63) is 52.3 Å². The summed E-state index contributed by atoms with van der Waals surface area (Å²) in [5.41, 5.74) is -0.355. The average Bonchev–Trinajstić information content (AvgIpc) is 2.83. The van der Waals surface area contributed by atoms with Crippen LogP contribution in [0, 0.1) is 23.0 Å². The fourth-order valence-corrected chi connectivity index (χ4v) is 3.79. The van der Waals surface area contributed by atoms with E-state index in [0.717, 1.165) is 18.2 Å². The van der Waals surface area contributed by atoms with E-state index in [0.29, 0.717) is 5.57 Å². The van der Waals surface area contributed by atoms with Crippen LogP contribution in [0.2, 0.25) is 0 Å². The Labute approximate surface area is 142 Å². The van der Waals surface area contributed by atoms with Gasteiger partial charge in [-0.1, -0.05) is 6.07 Å². The van der Waals surface area contributed by atoms with Gasteiger partial charge in [0, 0.05) is 11.8 Å². The van der Waals surface area contributed by atoms with E-state index < -0.39 is 32.4 Å². The molecule has 0 aliphatic carbocycles. The van der Waals surface area contributed by atoms with Crippen LogP contribution in [-0.4, -0.2) is 32.1 Å². The molecular formula is C15H12F2N5O2S+. The maximum Gasteiger partial charge on any atom is 0.340 e. The van der Waals surface area contributed by atoms with Crippen molar-refractivity contribution in [1.82, 2.24) is 0 Å². The van der Waals surface area contributed by atoms with E-state index >= 15 is 0 Å². The van der Waals surface area contributed by atoms with Crippen molar-refractivity contribution in [3.63, 3.8) is 0 Å². The first-order chi connectivity index (χ1) is 11.7. The molecule has 1 unspecified atom stereocenters. The third kappa shape index (κ3) is 2.63. The van der Waals surface area contributed by atoms with Crippen molar-refractivity contribution in [2.24, 2.45) is 9.98 Å². The monoisotopic (exact) mass is 364 g/mol. The van der Waals surface area contributed by atoms with Gasteiger partial charge >= 0.3 is 5.96 Å². The lowest BCUT2D eigenvalue weighted by molar-refractivity contribution is -0.717. The summed E-state index contributed by atoms with van der Waals surface area (Å²) in [5, 5.41) is 8.82. The third-order valence-electron chi connectivity index (χ3n) is 3.69. The molecule has 25 heavy (non-hydrogen) atoms. The van der Waals surface area contributed by atoms with Gasteiger partial charge < -0.3 is 0 Å². The molecule has 10 heteroatoms. The van der Waals surface area contributed by atoms with Gasteiger partial charge in [-0.2, -0.15) is 28.1 Å². The van der Waals surface area contributed by atoms with Crippen LogP contribution >= 0.6 is 0 Å². The molecule has 2 aliphatic rings. The second-order valence-electron chi connectivity index (χ2n) is 5.59. The minimum absolute atomic E-state index is 0.0662. The highest BCUT2D eigenvalue weighted by Gasteiger charge is 2.47. The second-order valence-corrected chi connectivity index (χ2v) is 7.18. The Morgan fingerprint density at radius 3 is 2.52 bits per heavy atom. The number of fused-ring (bicyclic) bond motifs is 1. The van der Waals surface area contributed by atoms with Crippen LogP contribution in [-0.2, 0) is 10.0 Å². The molecule has 2 heterocycles. The molecule has 1 aromatic rings. The van der Waals surface area contributed by atoms with Gasteiger partial charge in [-0.05, 0) is 19.1 Å². The van der Waals surface area contributed by atoms with Gasteiger partial charge in [0.15, 0.2) is 6.07 Å². The molecule has 1 N–H and O–H groups in total. The van der Waals surface area contributed by atoms with E-state index in [9.17, 15) is 22.5 Å². The van der Waals surface area contributed by atoms with Crippen molar-refractivity contribution in [3.8, 4) is 6.07 Å². The zero-order valence-corrected chi connectivity index (χ0v) is 14.0. The lowest BCUT2D eigenvalue weighted by Crippen LogP contribution is -2.42. The number of aliphatic imine (C=N–C) groups is 2. The topological polar surface area (TPSA) is 94.7 Å². The number of nitriles is 1. The van der Waals surface area contributed by atoms with E-state index in [4.69, 9.17) is 0 Å². The SMILES string of the molecule is CC1=C[N+]2(C)C(=NC(S(=O)(=O)Nc3c(F)cccc3F)=C2C#N)N=C1. The summed E-state index contributed by atoms with van der Waals surface area (Å²) in [6.45, 7) is 1.73. The summed E-state index contributed by atoms with van der Waals surface area (Å²) in [4.78, 5) is 7.95. The normalized spacial score (nSPS) is 22.2. The number of para-hydroxylation sites is 1. The highest BCUT2D eigenvalue weighted by molar-refractivity contribution is 7.96. The Balaban J connectivity index is 2.13.